The number of anilines is 1. The van der Waals surface area contributed by atoms with Gasteiger partial charge in [0.1, 0.15) is 11.5 Å². The van der Waals surface area contributed by atoms with Crippen molar-refractivity contribution in [2.45, 2.75) is 26.2 Å². The molecule has 3 nitrogen and oxygen atoms in total. The number of fused-ring (bicyclic) bond motifs is 1. The first kappa shape index (κ1) is 15.0. The standard InChI is InChI=1S/C18H18BrN3S/c1-12-9-16(23-11-12)17-15-7-2-3-8-20-18(15)22(21-17)14-6-4-5-13(19)10-14/h4-6,9-11,20H,2-3,7-8H2,1H3. The maximum Gasteiger partial charge on any atom is 0.133 e. The number of thiophene rings is 1. The lowest BCUT2D eigenvalue weighted by atomic mass is 10.1. The lowest BCUT2D eigenvalue weighted by Crippen LogP contribution is -2.07. The number of nitrogens with one attached hydrogen (secondary N) is 1. The number of aryl methyl sites for hydroxylation is 1. The van der Waals surface area contributed by atoms with E-state index in [0.717, 1.165) is 34.6 Å². The summed E-state index contributed by atoms with van der Waals surface area (Å²) in [4.78, 5) is 1.26. The molecular weight excluding hydrogens is 370 g/mol. The lowest BCUT2D eigenvalue weighted by molar-refractivity contribution is 0.780. The Balaban J connectivity index is 1.91. The normalized spacial score (nSPS) is 14.2. The van der Waals surface area contributed by atoms with Crippen molar-refractivity contribution in [3.05, 3.63) is 51.3 Å². The van der Waals surface area contributed by atoms with Crippen LogP contribution in [0.5, 0.6) is 0 Å². The molecule has 2 aromatic heterocycles. The van der Waals surface area contributed by atoms with E-state index >= 15 is 0 Å². The second kappa shape index (κ2) is 6.13. The van der Waals surface area contributed by atoms with Crippen molar-refractivity contribution in [2.75, 3.05) is 11.9 Å². The molecule has 118 valence electrons. The zero-order valence-corrected chi connectivity index (χ0v) is 15.4. The third-order valence-electron chi connectivity index (χ3n) is 4.15. The van der Waals surface area contributed by atoms with Crippen LogP contribution in [0.15, 0.2) is 40.2 Å². The minimum atomic E-state index is 1.01. The molecule has 1 aliphatic rings. The molecule has 3 heterocycles. The number of benzene rings is 1. The van der Waals surface area contributed by atoms with Crippen molar-refractivity contribution in [1.82, 2.24) is 9.78 Å². The fourth-order valence-corrected chi connectivity index (χ4v) is 4.35. The van der Waals surface area contributed by atoms with Gasteiger partial charge in [0.05, 0.1) is 10.6 Å². The molecule has 0 unspecified atom stereocenters. The van der Waals surface area contributed by atoms with Crippen LogP contribution in [-0.2, 0) is 6.42 Å². The highest BCUT2D eigenvalue weighted by Crippen LogP contribution is 2.36. The Morgan fingerprint density at radius 2 is 2.17 bits per heavy atom. The lowest BCUT2D eigenvalue weighted by Gasteiger charge is -2.09. The summed E-state index contributed by atoms with van der Waals surface area (Å²) in [6.07, 6.45) is 3.50. The van der Waals surface area contributed by atoms with Crippen LogP contribution in [-0.4, -0.2) is 16.3 Å². The molecule has 0 aliphatic carbocycles. The highest BCUT2D eigenvalue weighted by atomic mass is 79.9. The van der Waals surface area contributed by atoms with E-state index in [2.05, 4.69) is 62.5 Å². The number of nitrogens with zero attached hydrogens (tertiary/aromatic N) is 2. The molecule has 0 saturated carbocycles. The Labute approximate surface area is 148 Å². The van der Waals surface area contributed by atoms with Gasteiger partial charge in [-0.1, -0.05) is 22.0 Å². The number of rotatable bonds is 2. The highest BCUT2D eigenvalue weighted by Gasteiger charge is 2.22. The molecule has 0 bridgehead atoms. The minimum Gasteiger partial charge on any atom is -0.370 e. The molecule has 0 amide bonds. The second-order valence-corrected chi connectivity index (χ2v) is 7.77. The van der Waals surface area contributed by atoms with Crippen molar-refractivity contribution < 1.29 is 0 Å². The molecule has 3 aromatic rings. The highest BCUT2D eigenvalue weighted by molar-refractivity contribution is 9.10. The van der Waals surface area contributed by atoms with Crippen molar-refractivity contribution >= 4 is 33.1 Å². The summed E-state index contributed by atoms with van der Waals surface area (Å²) < 4.78 is 3.14. The molecule has 1 aromatic carbocycles. The van der Waals surface area contributed by atoms with E-state index in [1.807, 2.05) is 6.07 Å². The molecule has 0 radical (unpaired) electrons. The van der Waals surface area contributed by atoms with Gasteiger partial charge in [-0.05, 0) is 61.4 Å². The molecule has 0 fully saturated rings. The SMILES string of the molecule is Cc1csc(-c2nn(-c3cccc(Br)c3)c3c2CCCCN3)c1. The zero-order valence-electron chi connectivity index (χ0n) is 13.0. The van der Waals surface area contributed by atoms with Crippen LogP contribution < -0.4 is 5.32 Å². The van der Waals surface area contributed by atoms with Crippen LogP contribution in [0.2, 0.25) is 0 Å². The summed E-state index contributed by atoms with van der Waals surface area (Å²) in [5, 5.41) is 10.8. The number of hydrogen-bond donors (Lipinski definition) is 1. The Morgan fingerprint density at radius 3 is 2.96 bits per heavy atom. The smallest absolute Gasteiger partial charge is 0.133 e. The number of hydrogen-bond acceptors (Lipinski definition) is 3. The summed E-state index contributed by atoms with van der Waals surface area (Å²) in [6.45, 7) is 3.15. The number of aromatic nitrogens is 2. The van der Waals surface area contributed by atoms with E-state index < -0.39 is 0 Å². The van der Waals surface area contributed by atoms with Crippen LogP contribution in [0.1, 0.15) is 24.0 Å². The Bertz CT molecular complexity index is 850. The van der Waals surface area contributed by atoms with Gasteiger partial charge in [-0.2, -0.15) is 5.10 Å². The van der Waals surface area contributed by atoms with Gasteiger partial charge in [0.2, 0.25) is 0 Å². The molecule has 23 heavy (non-hydrogen) atoms. The van der Waals surface area contributed by atoms with E-state index in [1.54, 1.807) is 11.3 Å². The quantitative estimate of drug-likeness (QED) is 0.635. The summed E-state index contributed by atoms with van der Waals surface area (Å²) in [7, 11) is 0. The maximum atomic E-state index is 4.97. The van der Waals surface area contributed by atoms with Gasteiger partial charge in [0.15, 0.2) is 0 Å². The predicted octanol–water partition coefficient (Wildman–Crippen LogP) is 5.42. The molecule has 0 saturated heterocycles. The van der Waals surface area contributed by atoms with Gasteiger partial charge in [0.25, 0.3) is 0 Å². The average Bonchev–Trinajstić information content (AvgIpc) is 3.03. The van der Waals surface area contributed by atoms with Crippen molar-refractivity contribution in [2.24, 2.45) is 0 Å². The van der Waals surface area contributed by atoms with Crippen molar-refractivity contribution in [3.8, 4) is 16.3 Å². The summed E-state index contributed by atoms with van der Waals surface area (Å²) in [5.74, 6) is 1.15. The fourth-order valence-electron chi connectivity index (χ4n) is 3.05. The van der Waals surface area contributed by atoms with Crippen LogP contribution >= 0.6 is 27.3 Å². The molecule has 0 atom stereocenters. The van der Waals surface area contributed by atoms with Crippen LogP contribution in [0, 0.1) is 6.92 Å². The third-order valence-corrected chi connectivity index (χ3v) is 5.69. The van der Waals surface area contributed by atoms with Gasteiger partial charge in [-0.25, -0.2) is 4.68 Å². The van der Waals surface area contributed by atoms with Gasteiger partial charge in [0, 0.05) is 16.6 Å². The average molecular weight is 388 g/mol. The largest absolute Gasteiger partial charge is 0.370 e. The third kappa shape index (κ3) is 2.83. The Kier molecular flexibility index (Phi) is 3.99. The maximum absolute atomic E-state index is 4.97. The van der Waals surface area contributed by atoms with Crippen LogP contribution in [0.25, 0.3) is 16.3 Å². The first-order valence-corrected chi connectivity index (χ1v) is 9.57. The minimum absolute atomic E-state index is 1.01. The summed E-state index contributed by atoms with van der Waals surface area (Å²) >= 11 is 5.35. The number of halogens is 1. The summed E-state index contributed by atoms with van der Waals surface area (Å²) in [6, 6.07) is 10.6. The zero-order chi connectivity index (χ0) is 15.8. The van der Waals surface area contributed by atoms with Crippen molar-refractivity contribution in [1.29, 1.82) is 0 Å². The first-order valence-electron chi connectivity index (χ1n) is 7.89. The van der Waals surface area contributed by atoms with Gasteiger partial charge >= 0.3 is 0 Å². The Morgan fingerprint density at radius 1 is 1.26 bits per heavy atom. The molecule has 1 N–H and O–H groups in total. The molecule has 4 rings (SSSR count). The van der Waals surface area contributed by atoms with E-state index in [4.69, 9.17) is 5.10 Å². The molecular formula is C18H18BrN3S. The molecule has 1 aliphatic heterocycles. The van der Waals surface area contributed by atoms with E-state index in [-0.39, 0.29) is 0 Å². The molecule has 5 heteroatoms. The van der Waals surface area contributed by atoms with Crippen molar-refractivity contribution in [3.63, 3.8) is 0 Å². The topological polar surface area (TPSA) is 29.9 Å². The second-order valence-electron chi connectivity index (χ2n) is 5.94. The van der Waals surface area contributed by atoms with Gasteiger partial charge in [-0.15, -0.1) is 11.3 Å². The van der Waals surface area contributed by atoms with E-state index in [9.17, 15) is 0 Å². The predicted molar refractivity (Wildman–Crippen MR) is 101 cm³/mol. The van der Waals surface area contributed by atoms with Gasteiger partial charge in [-0.3, -0.25) is 0 Å². The van der Waals surface area contributed by atoms with Gasteiger partial charge < -0.3 is 5.32 Å². The first-order chi connectivity index (χ1) is 11.2. The van der Waals surface area contributed by atoms with E-state index in [0.29, 0.717) is 0 Å². The Hall–Kier alpha value is -1.59. The summed E-state index contributed by atoms with van der Waals surface area (Å²) in [5.41, 5.74) is 4.87. The fraction of sp³-hybridized carbons (Fsp3) is 0.278. The van der Waals surface area contributed by atoms with Crippen LogP contribution in [0.3, 0.4) is 0 Å². The monoisotopic (exact) mass is 387 g/mol. The molecule has 0 spiro atoms. The van der Waals surface area contributed by atoms with Crippen LogP contribution in [0.4, 0.5) is 5.82 Å². The van der Waals surface area contributed by atoms with E-state index in [1.165, 1.54) is 28.8 Å².